The van der Waals surface area contributed by atoms with Crippen LogP contribution in [-0.2, 0) is 4.79 Å². The van der Waals surface area contributed by atoms with E-state index in [2.05, 4.69) is 15.6 Å². The minimum absolute atomic E-state index is 0.140. The summed E-state index contributed by atoms with van der Waals surface area (Å²) in [7, 11) is 0. The van der Waals surface area contributed by atoms with Crippen LogP contribution in [0.4, 0.5) is 0 Å². The number of hydrogen-bond acceptors (Lipinski definition) is 3. The van der Waals surface area contributed by atoms with Crippen molar-refractivity contribution in [2.45, 2.75) is 18.9 Å². The molecule has 1 aromatic rings. The summed E-state index contributed by atoms with van der Waals surface area (Å²) in [4.78, 5) is 27.2. The molecule has 1 aliphatic heterocycles. The van der Waals surface area contributed by atoms with Crippen molar-refractivity contribution in [2.75, 3.05) is 6.54 Å². The first-order valence-corrected chi connectivity index (χ1v) is 6.23. The molecule has 7 heteroatoms. The molecule has 0 spiro atoms. The summed E-state index contributed by atoms with van der Waals surface area (Å²) in [5.74, 6) is -0.552. The second-order valence-corrected chi connectivity index (χ2v) is 4.74. The lowest BCUT2D eigenvalue weighted by Crippen LogP contribution is -2.50. The van der Waals surface area contributed by atoms with Crippen LogP contribution in [0, 0.1) is 0 Å². The van der Waals surface area contributed by atoms with E-state index in [1.165, 1.54) is 12.1 Å². The highest BCUT2D eigenvalue weighted by atomic mass is 35.5. The number of halogens is 2. The summed E-state index contributed by atoms with van der Waals surface area (Å²) < 4.78 is 0. The number of amides is 2. The molecule has 2 rings (SSSR count). The Morgan fingerprint density at radius 1 is 1.39 bits per heavy atom. The number of nitrogens with one attached hydrogen (secondary N) is 2. The van der Waals surface area contributed by atoms with Gasteiger partial charge in [0, 0.05) is 12.1 Å². The van der Waals surface area contributed by atoms with E-state index in [9.17, 15) is 9.59 Å². The molecule has 1 aromatic heterocycles. The van der Waals surface area contributed by atoms with Crippen LogP contribution in [0.5, 0.6) is 0 Å². The van der Waals surface area contributed by atoms with Crippen LogP contribution in [0.3, 0.4) is 0 Å². The largest absolute Gasteiger partial charge is 0.354 e. The van der Waals surface area contributed by atoms with E-state index in [4.69, 9.17) is 23.2 Å². The lowest BCUT2D eigenvalue weighted by Gasteiger charge is -2.22. The molecular weight excluding hydrogens is 277 g/mol. The zero-order valence-electron chi connectivity index (χ0n) is 9.37. The van der Waals surface area contributed by atoms with Crippen molar-refractivity contribution >= 4 is 35.0 Å². The first-order valence-electron chi connectivity index (χ1n) is 5.48. The molecule has 18 heavy (non-hydrogen) atoms. The number of pyridine rings is 1. The fourth-order valence-corrected chi connectivity index (χ4v) is 2.21. The maximum absolute atomic E-state index is 11.9. The number of piperidine rings is 1. The summed E-state index contributed by atoms with van der Waals surface area (Å²) in [6.07, 6.45) is 1.47. The van der Waals surface area contributed by atoms with Gasteiger partial charge in [0.05, 0.1) is 0 Å². The number of carbonyl (C=O) groups excluding carboxylic acids is 2. The van der Waals surface area contributed by atoms with Crippen LogP contribution in [-0.4, -0.2) is 29.4 Å². The number of hydrogen-bond donors (Lipinski definition) is 2. The van der Waals surface area contributed by atoms with Gasteiger partial charge in [-0.3, -0.25) is 9.59 Å². The molecule has 0 aliphatic carbocycles. The van der Waals surface area contributed by atoms with Gasteiger partial charge in [-0.2, -0.15) is 0 Å². The van der Waals surface area contributed by atoms with Crippen LogP contribution in [0.1, 0.15) is 23.2 Å². The van der Waals surface area contributed by atoms with Gasteiger partial charge in [0.1, 0.15) is 16.3 Å². The molecule has 1 unspecified atom stereocenters. The van der Waals surface area contributed by atoms with Gasteiger partial charge in [-0.05, 0) is 25.0 Å². The fraction of sp³-hybridized carbons (Fsp3) is 0.364. The smallest absolute Gasteiger partial charge is 0.252 e. The van der Waals surface area contributed by atoms with Crippen molar-refractivity contribution in [3.05, 3.63) is 28.0 Å². The number of carbonyl (C=O) groups is 2. The maximum Gasteiger partial charge on any atom is 0.252 e. The highest BCUT2D eigenvalue weighted by Gasteiger charge is 2.24. The van der Waals surface area contributed by atoms with E-state index in [-0.39, 0.29) is 22.1 Å². The molecule has 5 nitrogen and oxygen atoms in total. The van der Waals surface area contributed by atoms with Crippen LogP contribution in [0.15, 0.2) is 12.1 Å². The molecular formula is C11H11Cl2N3O2. The third kappa shape index (κ3) is 3.11. The van der Waals surface area contributed by atoms with Crippen LogP contribution < -0.4 is 10.6 Å². The van der Waals surface area contributed by atoms with Gasteiger partial charge in [-0.25, -0.2) is 4.98 Å². The summed E-state index contributed by atoms with van der Waals surface area (Å²) >= 11 is 11.4. The van der Waals surface area contributed by atoms with Crippen LogP contribution in [0.2, 0.25) is 10.3 Å². The third-order valence-electron chi connectivity index (χ3n) is 2.62. The lowest BCUT2D eigenvalue weighted by atomic mass is 10.1. The number of aromatic nitrogens is 1. The second kappa shape index (κ2) is 5.54. The summed E-state index contributed by atoms with van der Waals surface area (Å²) in [5, 5.41) is 5.62. The van der Waals surface area contributed by atoms with Crippen molar-refractivity contribution in [3.8, 4) is 0 Å². The minimum atomic E-state index is -0.503. The van der Waals surface area contributed by atoms with Crippen LogP contribution >= 0.6 is 23.2 Å². The first kappa shape index (κ1) is 13.1. The van der Waals surface area contributed by atoms with E-state index in [1.54, 1.807) is 0 Å². The average molecular weight is 288 g/mol. The monoisotopic (exact) mass is 287 g/mol. The second-order valence-electron chi connectivity index (χ2n) is 3.96. The normalized spacial score (nSPS) is 19.2. The summed E-state index contributed by atoms with van der Waals surface area (Å²) in [5.41, 5.74) is 0.290. The van der Waals surface area contributed by atoms with Gasteiger partial charge in [0.15, 0.2) is 0 Å². The van der Waals surface area contributed by atoms with Gasteiger partial charge in [0.25, 0.3) is 5.91 Å². The Balaban J connectivity index is 2.09. The van der Waals surface area contributed by atoms with Crippen molar-refractivity contribution in [3.63, 3.8) is 0 Å². The Morgan fingerprint density at radius 3 is 2.67 bits per heavy atom. The molecule has 0 saturated carbocycles. The SMILES string of the molecule is O=C(NC1CCCNC1=O)c1cc(Cl)nc(Cl)c1. The Labute approximate surface area is 114 Å². The van der Waals surface area contributed by atoms with Crippen molar-refractivity contribution in [1.29, 1.82) is 0 Å². The molecule has 1 atom stereocenters. The van der Waals surface area contributed by atoms with Crippen molar-refractivity contribution in [1.82, 2.24) is 15.6 Å². The molecule has 0 radical (unpaired) electrons. The minimum Gasteiger partial charge on any atom is -0.354 e. The summed E-state index contributed by atoms with van der Waals surface area (Å²) in [6.45, 7) is 0.651. The van der Waals surface area contributed by atoms with E-state index < -0.39 is 6.04 Å². The molecule has 0 bridgehead atoms. The van der Waals surface area contributed by atoms with Gasteiger partial charge < -0.3 is 10.6 Å². The molecule has 1 saturated heterocycles. The Bertz CT molecular complexity index is 473. The molecule has 2 N–H and O–H groups in total. The Kier molecular flexibility index (Phi) is 4.04. The molecule has 96 valence electrons. The third-order valence-corrected chi connectivity index (χ3v) is 3.00. The zero-order chi connectivity index (χ0) is 13.1. The quantitative estimate of drug-likeness (QED) is 0.808. The van der Waals surface area contributed by atoms with E-state index >= 15 is 0 Å². The van der Waals surface area contributed by atoms with Gasteiger partial charge >= 0.3 is 0 Å². The van der Waals surface area contributed by atoms with Crippen LogP contribution in [0.25, 0.3) is 0 Å². The summed E-state index contributed by atoms with van der Waals surface area (Å²) in [6, 6.07) is 2.31. The van der Waals surface area contributed by atoms with E-state index in [0.717, 1.165) is 6.42 Å². The fourth-order valence-electron chi connectivity index (χ4n) is 1.75. The topological polar surface area (TPSA) is 71.1 Å². The van der Waals surface area contributed by atoms with Gasteiger partial charge in [0.2, 0.25) is 5.91 Å². The maximum atomic E-state index is 11.9. The molecule has 1 aliphatic rings. The molecule has 0 aromatic carbocycles. The van der Waals surface area contributed by atoms with Gasteiger partial charge in [-0.15, -0.1) is 0 Å². The molecule has 2 heterocycles. The van der Waals surface area contributed by atoms with Crippen molar-refractivity contribution in [2.24, 2.45) is 0 Å². The van der Waals surface area contributed by atoms with E-state index in [0.29, 0.717) is 18.5 Å². The average Bonchev–Trinajstić information content (AvgIpc) is 2.31. The van der Waals surface area contributed by atoms with Crippen molar-refractivity contribution < 1.29 is 9.59 Å². The molecule has 1 fully saturated rings. The lowest BCUT2D eigenvalue weighted by molar-refractivity contribution is -0.124. The molecule has 2 amide bonds. The predicted octanol–water partition coefficient (Wildman–Crippen LogP) is 1.40. The number of rotatable bonds is 2. The van der Waals surface area contributed by atoms with E-state index in [1.807, 2.05) is 0 Å². The Hall–Kier alpha value is -1.33. The predicted molar refractivity (Wildman–Crippen MR) is 67.8 cm³/mol. The van der Waals surface area contributed by atoms with Gasteiger partial charge in [-0.1, -0.05) is 23.2 Å². The Morgan fingerprint density at radius 2 is 2.06 bits per heavy atom. The standard InChI is InChI=1S/C11H11Cl2N3O2/c12-8-4-6(5-9(13)16-8)10(17)15-7-2-1-3-14-11(7)18/h4-5,7H,1-3H2,(H,14,18)(H,15,17). The highest BCUT2D eigenvalue weighted by molar-refractivity contribution is 6.33. The zero-order valence-corrected chi connectivity index (χ0v) is 10.9. The first-order chi connectivity index (χ1) is 8.56. The highest BCUT2D eigenvalue weighted by Crippen LogP contribution is 2.15. The number of nitrogens with zero attached hydrogens (tertiary/aromatic N) is 1.